The van der Waals surface area contributed by atoms with Crippen molar-refractivity contribution in [3.05, 3.63) is 29.6 Å². The van der Waals surface area contributed by atoms with Crippen LogP contribution in [0.4, 0.5) is 0 Å². The van der Waals surface area contributed by atoms with Gasteiger partial charge >= 0.3 is 0 Å². The summed E-state index contributed by atoms with van der Waals surface area (Å²) in [4.78, 5) is 17.5. The highest BCUT2D eigenvalue weighted by Gasteiger charge is 2.05. The molecule has 0 aliphatic heterocycles. The van der Waals surface area contributed by atoms with E-state index in [1.54, 1.807) is 12.1 Å². The van der Waals surface area contributed by atoms with Gasteiger partial charge in [-0.1, -0.05) is 6.07 Å². The van der Waals surface area contributed by atoms with Crippen LogP contribution in [0.3, 0.4) is 0 Å². The second-order valence-corrected chi connectivity index (χ2v) is 3.77. The Morgan fingerprint density at radius 1 is 1.50 bits per heavy atom. The van der Waals surface area contributed by atoms with E-state index in [0.29, 0.717) is 17.8 Å². The molecule has 0 atom stereocenters. The second kappa shape index (κ2) is 6.19. The lowest BCUT2D eigenvalue weighted by Crippen LogP contribution is -2.31. The van der Waals surface area contributed by atoms with Crippen LogP contribution < -0.4 is 5.32 Å². The molecule has 1 aromatic heterocycles. The number of amides is 1. The largest absolute Gasteiger partial charge is 0.392 e. The van der Waals surface area contributed by atoms with Gasteiger partial charge in [-0.25, -0.2) is 0 Å². The predicted molar refractivity (Wildman–Crippen MR) is 61.0 cm³/mol. The Hall–Kier alpha value is -1.46. The summed E-state index contributed by atoms with van der Waals surface area (Å²) in [6.07, 6.45) is 1.50. The molecule has 0 aliphatic carbocycles. The number of carbonyl (C=O) groups excluding carboxylic acids is 1. The maximum atomic E-state index is 11.6. The molecule has 88 valence electrons. The van der Waals surface area contributed by atoms with Gasteiger partial charge in [0.25, 0.3) is 5.91 Å². The monoisotopic (exact) mass is 223 g/mol. The van der Waals surface area contributed by atoms with Crippen molar-refractivity contribution in [2.75, 3.05) is 27.2 Å². The van der Waals surface area contributed by atoms with Gasteiger partial charge in [-0.15, -0.1) is 0 Å². The van der Waals surface area contributed by atoms with Crippen LogP contribution in [0, 0.1) is 0 Å². The predicted octanol–water partition coefficient (Wildman–Crippen LogP) is -0.135. The Morgan fingerprint density at radius 3 is 2.75 bits per heavy atom. The lowest BCUT2D eigenvalue weighted by molar-refractivity contribution is 0.0946. The summed E-state index contributed by atoms with van der Waals surface area (Å²) in [6, 6.07) is 3.30. The zero-order chi connectivity index (χ0) is 12.0. The Kier molecular flexibility index (Phi) is 4.88. The molecule has 0 radical (unpaired) electrons. The maximum absolute atomic E-state index is 11.6. The third kappa shape index (κ3) is 3.96. The number of aliphatic hydroxyl groups excluding tert-OH is 1. The maximum Gasteiger partial charge on any atom is 0.269 e. The molecule has 1 heterocycles. The number of aromatic nitrogens is 1. The topological polar surface area (TPSA) is 65.5 Å². The van der Waals surface area contributed by atoms with E-state index in [0.717, 1.165) is 6.54 Å². The van der Waals surface area contributed by atoms with E-state index in [2.05, 4.69) is 10.3 Å². The summed E-state index contributed by atoms with van der Waals surface area (Å²) in [7, 11) is 3.89. The first-order valence-electron chi connectivity index (χ1n) is 5.12. The van der Waals surface area contributed by atoms with Crippen LogP contribution in [0.1, 0.15) is 16.1 Å². The molecule has 0 saturated heterocycles. The first-order chi connectivity index (χ1) is 7.63. The molecule has 0 aromatic carbocycles. The molecule has 1 amide bonds. The van der Waals surface area contributed by atoms with Gasteiger partial charge in [0.1, 0.15) is 5.69 Å². The van der Waals surface area contributed by atoms with Gasteiger partial charge in [0.05, 0.1) is 6.61 Å². The van der Waals surface area contributed by atoms with Gasteiger partial charge in [0.15, 0.2) is 0 Å². The zero-order valence-electron chi connectivity index (χ0n) is 9.60. The number of hydrogen-bond acceptors (Lipinski definition) is 4. The molecule has 1 aromatic rings. The van der Waals surface area contributed by atoms with E-state index in [-0.39, 0.29) is 12.5 Å². The van der Waals surface area contributed by atoms with Gasteiger partial charge < -0.3 is 15.3 Å². The van der Waals surface area contributed by atoms with Crippen LogP contribution in [-0.4, -0.2) is 48.1 Å². The second-order valence-electron chi connectivity index (χ2n) is 3.77. The molecule has 0 bridgehead atoms. The standard InChI is InChI=1S/C11H17N3O2/c1-14(2)6-5-12-11(16)10-4-3-9(8-15)7-13-10/h3-4,7,15H,5-6,8H2,1-2H3,(H,12,16). The van der Waals surface area contributed by atoms with E-state index in [1.165, 1.54) is 6.20 Å². The minimum absolute atomic E-state index is 0.0600. The molecule has 0 aliphatic rings. The van der Waals surface area contributed by atoms with Gasteiger partial charge in [-0.3, -0.25) is 9.78 Å². The highest BCUT2D eigenvalue weighted by Crippen LogP contribution is 1.99. The molecular formula is C11H17N3O2. The van der Waals surface area contributed by atoms with E-state index in [4.69, 9.17) is 5.11 Å². The highest BCUT2D eigenvalue weighted by atomic mass is 16.3. The summed E-state index contributed by atoms with van der Waals surface area (Å²) < 4.78 is 0. The minimum Gasteiger partial charge on any atom is -0.392 e. The number of nitrogens with zero attached hydrogens (tertiary/aromatic N) is 2. The van der Waals surface area contributed by atoms with Gasteiger partial charge in [-0.2, -0.15) is 0 Å². The number of likely N-dealkylation sites (N-methyl/N-ethyl adjacent to an activating group) is 1. The first kappa shape index (κ1) is 12.6. The smallest absolute Gasteiger partial charge is 0.269 e. The lowest BCUT2D eigenvalue weighted by atomic mass is 10.2. The quantitative estimate of drug-likeness (QED) is 0.729. The zero-order valence-corrected chi connectivity index (χ0v) is 9.60. The fourth-order valence-corrected chi connectivity index (χ4v) is 1.14. The number of pyridine rings is 1. The molecule has 5 heteroatoms. The summed E-state index contributed by atoms with van der Waals surface area (Å²) in [5.41, 5.74) is 1.07. The van der Waals surface area contributed by atoms with Crippen molar-refractivity contribution in [3.8, 4) is 0 Å². The average molecular weight is 223 g/mol. The van der Waals surface area contributed by atoms with Gasteiger partial charge in [-0.05, 0) is 25.7 Å². The van der Waals surface area contributed by atoms with Gasteiger partial charge in [0.2, 0.25) is 0 Å². The van der Waals surface area contributed by atoms with E-state index >= 15 is 0 Å². The summed E-state index contributed by atoms with van der Waals surface area (Å²) in [6.45, 7) is 1.32. The van der Waals surface area contributed by atoms with Crippen molar-refractivity contribution in [3.63, 3.8) is 0 Å². The molecule has 0 spiro atoms. The van der Waals surface area contributed by atoms with Crippen molar-refractivity contribution >= 4 is 5.91 Å². The Morgan fingerprint density at radius 2 is 2.25 bits per heavy atom. The minimum atomic E-state index is -0.189. The Labute approximate surface area is 95.1 Å². The molecule has 1 rings (SSSR count). The number of carbonyl (C=O) groups is 1. The van der Waals surface area contributed by atoms with Crippen LogP contribution in [-0.2, 0) is 6.61 Å². The molecule has 0 saturated carbocycles. The van der Waals surface area contributed by atoms with E-state index < -0.39 is 0 Å². The average Bonchev–Trinajstić information content (AvgIpc) is 2.28. The molecular weight excluding hydrogens is 206 g/mol. The van der Waals surface area contributed by atoms with Crippen molar-refractivity contribution in [1.29, 1.82) is 0 Å². The fraction of sp³-hybridized carbons (Fsp3) is 0.455. The van der Waals surface area contributed by atoms with Crippen molar-refractivity contribution in [2.45, 2.75) is 6.61 Å². The van der Waals surface area contributed by atoms with Crippen molar-refractivity contribution in [2.24, 2.45) is 0 Å². The summed E-state index contributed by atoms with van der Waals surface area (Å²) >= 11 is 0. The third-order valence-electron chi connectivity index (χ3n) is 2.08. The number of nitrogens with one attached hydrogen (secondary N) is 1. The van der Waals surface area contributed by atoms with E-state index in [1.807, 2.05) is 19.0 Å². The van der Waals surface area contributed by atoms with Crippen LogP contribution in [0.15, 0.2) is 18.3 Å². The summed E-state index contributed by atoms with van der Waals surface area (Å²) in [5, 5.41) is 11.6. The van der Waals surface area contributed by atoms with Crippen LogP contribution in [0.25, 0.3) is 0 Å². The Balaban J connectivity index is 2.46. The van der Waals surface area contributed by atoms with Crippen LogP contribution in [0.5, 0.6) is 0 Å². The summed E-state index contributed by atoms with van der Waals surface area (Å²) in [5.74, 6) is -0.189. The lowest BCUT2D eigenvalue weighted by Gasteiger charge is -2.10. The van der Waals surface area contributed by atoms with Crippen LogP contribution in [0.2, 0.25) is 0 Å². The molecule has 0 fully saturated rings. The van der Waals surface area contributed by atoms with Gasteiger partial charge in [0, 0.05) is 19.3 Å². The first-order valence-corrected chi connectivity index (χ1v) is 5.12. The number of hydrogen-bond donors (Lipinski definition) is 2. The SMILES string of the molecule is CN(C)CCNC(=O)c1ccc(CO)cn1. The normalized spacial score (nSPS) is 10.5. The van der Waals surface area contributed by atoms with E-state index in [9.17, 15) is 4.79 Å². The molecule has 16 heavy (non-hydrogen) atoms. The fourth-order valence-electron chi connectivity index (χ4n) is 1.14. The van der Waals surface area contributed by atoms with Crippen molar-refractivity contribution in [1.82, 2.24) is 15.2 Å². The van der Waals surface area contributed by atoms with Crippen LogP contribution >= 0.6 is 0 Å². The molecule has 2 N–H and O–H groups in total. The molecule has 0 unspecified atom stereocenters. The molecule has 5 nitrogen and oxygen atoms in total. The number of aliphatic hydroxyl groups is 1. The Bertz CT molecular complexity index is 336. The third-order valence-corrected chi connectivity index (χ3v) is 2.08. The highest BCUT2D eigenvalue weighted by molar-refractivity contribution is 5.92. The number of rotatable bonds is 5. The van der Waals surface area contributed by atoms with Crippen molar-refractivity contribution < 1.29 is 9.90 Å².